The van der Waals surface area contributed by atoms with Crippen LogP contribution in [0.3, 0.4) is 0 Å². The molecule has 0 aromatic carbocycles. The molecule has 7 nitrogen and oxygen atoms in total. The molecule has 2 aliphatic heterocycles. The monoisotopic (exact) mass is 342 g/mol. The van der Waals surface area contributed by atoms with Gasteiger partial charge in [-0.3, -0.25) is 0 Å². The Labute approximate surface area is 147 Å². The highest BCUT2D eigenvalue weighted by molar-refractivity contribution is 5.68. The fourth-order valence-corrected chi connectivity index (χ4v) is 4.36. The summed E-state index contributed by atoms with van der Waals surface area (Å²) in [6.45, 7) is 4.20. The number of likely N-dealkylation sites (tertiary alicyclic amines) is 1. The molecular formula is C18H26N6O. The molecule has 1 N–H and O–H groups in total. The molecule has 1 aliphatic carbocycles. The Morgan fingerprint density at radius 1 is 0.960 bits per heavy atom. The highest BCUT2D eigenvalue weighted by Crippen LogP contribution is 2.40. The zero-order valence-electron chi connectivity index (χ0n) is 14.6. The van der Waals surface area contributed by atoms with Gasteiger partial charge in [0.1, 0.15) is 6.33 Å². The van der Waals surface area contributed by atoms with Gasteiger partial charge >= 0.3 is 0 Å². The molecule has 5 rings (SSSR count). The molecule has 3 fully saturated rings. The predicted molar refractivity (Wildman–Crippen MR) is 94.8 cm³/mol. The van der Waals surface area contributed by atoms with Crippen LogP contribution in [0.5, 0.6) is 0 Å². The highest BCUT2D eigenvalue weighted by atomic mass is 16.3. The van der Waals surface area contributed by atoms with Crippen molar-refractivity contribution in [3.8, 4) is 0 Å². The molecule has 25 heavy (non-hydrogen) atoms. The van der Waals surface area contributed by atoms with Crippen molar-refractivity contribution in [2.24, 2.45) is 0 Å². The number of rotatable bonds is 3. The lowest BCUT2D eigenvalue weighted by Crippen LogP contribution is -2.48. The van der Waals surface area contributed by atoms with Crippen molar-refractivity contribution in [3.63, 3.8) is 0 Å². The van der Waals surface area contributed by atoms with Gasteiger partial charge in [-0.1, -0.05) is 0 Å². The highest BCUT2D eigenvalue weighted by Gasteiger charge is 2.30. The van der Waals surface area contributed by atoms with E-state index in [1.165, 1.54) is 37.1 Å². The molecule has 7 heteroatoms. The largest absolute Gasteiger partial charge is 0.393 e. The quantitative estimate of drug-likeness (QED) is 0.910. The Kier molecular flexibility index (Phi) is 3.86. The van der Waals surface area contributed by atoms with Crippen molar-refractivity contribution in [3.05, 3.63) is 18.1 Å². The van der Waals surface area contributed by atoms with Gasteiger partial charge in [-0.2, -0.15) is 9.61 Å². The van der Waals surface area contributed by atoms with Crippen molar-refractivity contribution in [2.75, 3.05) is 31.1 Å². The Morgan fingerprint density at radius 3 is 2.44 bits per heavy atom. The summed E-state index contributed by atoms with van der Waals surface area (Å²) in [5.74, 6) is 0.628. The van der Waals surface area contributed by atoms with Crippen molar-refractivity contribution < 1.29 is 5.11 Å². The summed E-state index contributed by atoms with van der Waals surface area (Å²) in [7, 11) is 0. The summed E-state index contributed by atoms with van der Waals surface area (Å²) in [4.78, 5) is 5.05. The van der Waals surface area contributed by atoms with Gasteiger partial charge in [-0.15, -0.1) is 10.2 Å². The zero-order valence-corrected chi connectivity index (χ0v) is 14.6. The van der Waals surface area contributed by atoms with Crippen LogP contribution in [0.4, 0.5) is 5.69 Å². The molecule has 2 aromatic rings. The molecule has 3 aliphatic rings. The van der Waals surface area contributed by atoms with Crippen LogP contribution in [0.25, 0.3) is 5.65 Å². The number of fused-ring (bicyclic) bond motifs is 1. The van der Waals surface area contributed by atoms with E-state index >= 15 is 0 Å². The van der Waals surface area contributed by atoms with Gasteiger partial charge in [0.2, 0.25) is 5.65 Å². The molecule has 2 saturated heterocycles. The van der Waals surface area contributed by atoms with Crippen LogP contribution in [0.2, 0.25) is 0 Å². The average Bonchev–Trinajstić information content (AvgIpc) is 3.39. The van der Waals surface area contributed by atoms with E-state index in [1.807, 2.05) is 4.52 Å². The molecule has 1 saturated carbocycles. The van der Waals surface area contributed by atoms with Crippen LogP contribution in [0.1, 0.15) is 50.1 Å². The van der Waals surface area contributed by atoms with Crippen LogP contribution in [-0.2, 0) is 0 Å². The van der Waals surface area contributed by atoms with Crippen LogP contribution >= 0.6 is 0 Å². The average molecular weight is 342 g/mol. The van der Waals surface area contributed by atoms with E-state index in [2.05, 4.69) is 31.2 Å². The summed E-state index contributed by atoms with van der Waals surface area (Å²) >= 11 is 0. The SMILES string of the molecule is OC1CCN(C2CCN(c3cc(C4CC4)nn4cnnc34)CC2)CC1. The lowest BCUT2D eigenvalue weighted by molar-refractivity contribution is 0.0542. The van der Waals surface area contributed by atoms with Crippen molar-refractivity contribution in [2.45, 2.75) is 56.6 Å². The van der Waals surface area contributed by atoms with E-state index in [1.54, 1.807) is 6.33 Å². The summed E-state index contributed by atoms with van der Waals surface area (Å²) in [6.07, 6.45) is 8.35. The number of aromatic nitrogens is 4. The summed E-state index contributed by atoms with van der Waals surface area (Å²) in [5, 5.41) is 22.8. The molecule has 2 aromatic heterocycles. The maximum Gasteiger partial charge on any atom is 0.200 e. The van der Waals surface area contributed by atoms with Gasteiger partial charge in [0.25, 0.3) is 0 Å². The normalized spacial score (nSPS) is 24.3. The van der Waals surface area contributed by atoms with E-state index in [-0.39, 0.29) is 6.10 Å². The first-order valence-corrected chi connectivity index (χ1v) is 9.66. The lowest BCUT2D eigenvalue weighted by Gasteiger charge is -2.41. The first-order chi connectivity index (χ1) is 12.3. The summed E-state index contributed by atoms with van der Waals surface area (Å²) in [6, 6.07) is 2.90. The Morgan fingerprint density at radius 2 is 1.72 bits per heavy atom. The first kappa shape index (κ1) is 15.5. The fraction of sp³-hybridized carbons (Fsp3) is 0.722. The second kappa shape index (κ2) is 6.21. The minimum absolute atomic E-state index is 0.0878. The number of aliphatic hydroxyl groups is 1. The molecule has 0 atom stereocenters. The van der Waals surface area contributed by atoms with E-state index in [9.17, 15) is 5.11 Å². The van der Waals surface area contributed by atoms with Gasteiger partial charge in [0.15, 0.2) is 0 Å². The standard InChI is InChI=1S/C18H26N6O/c25-15-5-9-22(10-6-15)14-3-7-23(8-4-14)17-11-16(13-1-2-13)21-24-12-19-20-18(17)24/h11-15,25H,1-10H2. The molecule has 4 heterocycles. The van der Waals surface area contributed by atoms with Crippen molar-refractivity contribution >= 4 is 11.3 Å². The molecule has 134 valence electrons. The van der Waals surface area contributed by atoms with Crippen molar-refractivity contribution in [1.82, 2.24) is 24.7 Å². The third kappa shape index (κ3) is 3.00. The molecule has 0 unspecified atom stereocenters. The topological polar surface area (TPSA) is 69.8 Å². The predicted octanol–water partition coefficient (Wildman–Crippen LogP) is 1.43. The minimum atomic E-state index is -0.0878. The van der Waals surface area contributed by atoms with Gasteiger partial charge in [-0.05, 0) is 44.6 Å². The van der Waals surface area contributed by atoms with Crippen LogP contribution in [0.15, 0.2) is 12.4 Å². The van der Waals surface area contributed by atoms with Crippen molar-refractivity contribution in [1.29, 1.82) is 0 Å². The van der Waals surface area contributed by atoms with Gasteiger partial charge < -0.3 is 14.9 Å². The molecule has 0 spiro atoms. The van der Waals surface area contributed by atoms with E-state index in [4.69, 9.17) is 0 Å². The van der Waals surface area contributed by atoms with Gasteiger partial charge in [-0.25, -0.2) is 0 Å². The molecule has 0 bridgehead atoms. The maximum absolute atomic E-state index is 9.72. The molecular weight excluding hydrogens is 316 g/mol. The minimum Gasteiger partial charge on any atom is -0.393 e. The van der Waals surface area contributed by atoms with Gasteiger partial charge in [0.05, 0.1) is 17.5 Å². The Hall–Kier alpha value is -1.73. The van der Waals surface area contributed by atoms with E-state index in [0.29, 0.717) is 12.0 Å². The van der Waals surface area contributed by atoms with Gasteiger partial charge in [0, 0.05) is 38.1 Å². The maximum atomic E-state index is 9.72. The lowest BCUT2D eigenvalue weighted by atomic mass is 9.98. The number of piperidine rings is 2. The Bertz CT molecular complexity index is 741. The number of hydrogen-bond acceptors (Lipinski definition) is 6. The summed E-state index contributed by atoms with van der Waals surface area (Å²) in [5.41, 5.74) is 3.26. The van der Waals surface area contributed by atoms with Crippen LogP contribution < -0.4 is 4.90 Å². The molecule has 0 amide bonds. The second-order valence-electron chi connectivity index (χ2n) is 7.81. The van der Waals surface area contributed by atoms with Crippen LogP contribution in [-0.4, -0.2) is 68.1 Å². The van der Waals surface area contributed by atoms with Crippen LogP contribution in [0, 0.1) is 0 Å². The number of anilines is 1. The van der Waals surface area contributed by atoms with E-state index in [0.717, 1.165) is 44.7 Å². The summed E-state index contributed by atoms with van der Waals surface area (Å²) < 4.78 is 1.85. The Balaban J connectivity index is 1.32. The smallest absolute Gasteiger partial charge is 0.200 e. The third-order valence-electron chi connectivity index (χ3n) is 6.08. The number of nitrogens with zero attached hydrogens (tertiary/aromatic N) is 6. The fourth-order valence-electron chi connectivity index (χ4n) is 4.36. The van der Waals surface area contributed by atoms with E-state index < -0.39 is 0 Å². The molecule has 0 radical (unpaired) electrons. The third-order valence-corrected chi connectivity index (χ3v) is 6.08. The second-order valence-corrected chi connectivity index (χ2v) is 7.81. The number of hydrogen-bond donors (Lipinski definition) is 1. The zero-order chi connectivity index (χ0) is 16.8. The number of aliphatic hydroxyl groups excluding tert-OH is 1. The first-order valence-electron chi connectivity index (χ1n) is 9.66.